The molecule has 3 aromatic carbocycles. The zero-order valence-electron chi connectivity index (χ0n) is 20.3. The Kier molecular flexibility index (Phi) is 6.33. The Morgan fingerprint density at radius 2 is 1.89 bits per heavy atom. The number of thiazole rings is 1. The lowest BCUT2D eigenvalue weighted by molar-refractivity contribution is 0.370. The molecule has 6 heteroatoms. The van der Waals surface area contributed by atoms with Crippen molar-refractivity contribution in [2.24, 2.45) is 4.99 Å². The van der Waals surface area contributed by atoms with Gasteiger partial charge >= 0.3 is 0 Å². The number of allylic oxidation sites excluding steroid dienone is 1. The summed E-state index contributed by atoms with van der Waals surface area (Å²) in [6.45, 7) is 0.226. The van der Waals surface area contributed by atoms with Crippen molar-refractivity contribution in [3.63, 3.8) is 0 Å². The molecule has 182 valence electrons. The van der Waals surface area contributed by atoms with Crippen LogP contribution in [0.1, 0.15) is 34.7 Å². The van der Waals surface area contributed by atoms with Crippen molar-refractivity contribution < 1.29 is 4.74 Å². The average Bonchev–Trinajstić information content (AvgIpc) is 3.25. The van der Waals surface area contributed by atoms with E-state index >= 15 is 0 Å². The number of fused-ring (bicyclic) bond motifs is 3. The van der Waals surface area contributed by atoms with Gasteiger partial charge in [-0.3, -0.25) is 9.36 Å². The van der Waals surface area contributed by atoms with Gasteiger partial charge in [-0.1, -0.05) is 65.8 Å². The SMILES string of the molecule is C#CCOc1ccc(C=c2sc3n(c2=O)C(c2ccc(SC)cc2)C2=C(N=3)c3ccccc3CC2)cc1. The summed E-state index contributed by atoms with van der Waals surface area (Å²) in [6, 6.07) is 24.5. The lowest BCUT2D eigenvalue weighted by atomic mass is 9.83. The van der Waals surface area contributed by atoms with Crippen LogP contribution in [0.5, 0.6) is 5.75 Å². The molecule has 0 fully saturated rings. The van der Waals surface area contributed by atoms with Crippen molar-refractivity contribution in [1.29, 1.82) is 0 Å². The quantitative estimate of drug-likeness (QED) is 0.273. The van der Waals surface area contributed by atoms with E-state index in [0.717, 1.165) is 34.5 Å². The zero-order chi connectivity index (χ0) is 25.4. The first kappa shape index (κ1) is 23.6. The summed E-state index contributed by atoms with van der Waals surface area (Å²) < 4.78 is 8.03. The van der Waals surface area contributed by atoms with Gasteiger partial charge in [-0.15, -0.1) is 18.2 Å². The number of nitrogens with zero attached hydrogens (tertiary/aromatic N) is 2. The summed E-state index contributed by atoms with van der Waals surface area (Å²) in [7, 11) is 0. The molecule has 1 aliphatic carbocycles. The minimum atomic E-state index is -0.169. The van der Waals surface area contributed by atoms with Gasteiger partial charge in [-0.25, -0.2) is 4.99 Å². The molecule has 0 radical (unpaired) electrons. The molecule has 0 amide bonds. The van der Waals surface area contributed by atoms with E-state index in [-0.39, 0.29) is 18.2 Å². The van der Waals surface area contributed by atoms with E-state index in [9.17, 15) is 4.79 Å². The maximum Gasteiger partial charge on any atom is 0.271 e. The molecule has 37 heavy (non-hydrogen) atoms. The predicted molar refractivity (Wildman–Crippen MR) is 152 cm³/mol. The minimum absolute atomic E-state index is 0.0132. The molecule has 1 atom stereocenters. The summed E-state index contributed by atoms with van der Waals surface area (Å²) in [5.41, 5.74) is 6.74. The van der Waals surface area contributed by atoms with Crippen molar-refractivity contribution >= 4 is 34.9 Å². The van der Waals surface area contributed by atoms with Crippen molar-refractivity contribution in [2.45, 2.75) is 23.8 Å². The largest absolute Gasteiger partial charge is 0.481 e. The summed E-state index contributed by atoms with van der Waals surface area (Å²) >= 11 is 3.16. The Morgan fingerprint density at radius 1 is 1.11 bits per heavy atom. The Balaban J connectivity index is 1.52. The number of ether oxygens (including phenoxy) is 1. The Bertz CT molecular complexity index is 1740. The smallest absolute Gasteiger partial charge is 0.271 e. The minimum Gasteiger partial charge on any atom is -0.481 e. The first-order valence-corrected chi connectivity index (χ1v) is 14.1. The van der Waals surface area contributed by atoms with Crippen LogP contribution in [0, 0.1) is 12.3 Å². The molecule has 1 unspecified atom stereocenters. The second-order valence-electron chi connectivity index (χ2n) is 8.95. The van der Waals surface area contributed by atoms with Gasteiger partial charge in [0, 0.05) is 10.5 Å². The normalized spacial score (nSPS) is 16.3. The van der Waals surface area contributed by atoms with Gasteiger partial charge in [0.15, 0.2) is 4.80 Å². The first-order valence-electron chi connectivity index (χ1n) is 12.1. The second-order valence-corrected chi connectivity index (χ2v) is 10.8. The van der Waals surface area contributed by atoms with E-state index in [1.807, 2.05) is 34.9 Å². The van der Waals surface area contributed by atoms with Crippen LogP contribution < -0.4 is 19.6 Å². The third-order valence-electron chi connectivity index (χ3n) is 6.80. The molecule has 4 nitrogen and oxygen atoms in total. The fraction of sp³-hybridized carbons (Fsp3) is 0.161. The Labute approximate surface area is 223 Å². The fourth-order valence-corrected chi connectivity index (χ4v) is 6.45. The number of thioether (sulfide) groups is 1. The van der Waals surface area contributed by atoms with E-state index in [1.54, 1.807) is 11.8 Å². The summed E-state index contributed by atoms with van der Waals surface area (Å²) in [4.78, 5) is 20.9. The number of hydrogen-bond donors (Lipinski definition) is 0. The lowest BCUT2D eigenvalue weighted by Crippen LogP contribution is -2.38. The molecule has 4 aromatic rings. The molecule has 6 rings (SSSR count). The maximum absolute atomic E-state index is 13.9. The van der Waals surface area contributed by atoms with E-state index in [0.29, 0.717) is 10.3 Å². The molecule has 2 heterocycles. The number of terminal acetylenes is 1. The number of hydrogen-bond acceptors (Lipinski definition) is 5. The third-order valence-corrected chi connectivity index (χ3v) is 8.53. The molecule has 2 aliphatic rings. The van der Waals surface area contributed by atoms with Crippen LogP contribution in [0.4, 0.5) is 0 Å². The van der Waals surface area contributed by atoms with Gasteiger partial charge in [0.25, 0.3) is 5.56 Å². The second kappa shape index (κ2) is 9.93. The van der Waals surface area contributed by atoms with Crippen LogP contribution in [0.25, 0.3) is 11.8 Å². The van der Waals surface area contributed by atoms with Crippen LogP contribution >= 0.6 is 23.1 Å². The molecule has 0 saturated heterocycles. The highest BCUT2D eigenvalue weighted by Gasteiger charge is 2.32. The van der Waals surface area contributed by atoms with Crippen LogP contribution in [0.15, 0.2) is 93.1 Å². The van der Waals surface area contributed by atoms with Crippen LogP contribution in [0.3, 0.4) is 0 Å². The van der Waals surface area contributed by atoms with Gasteiger partial charge < -0.3 is 4.74 Å². The average molecular weight is 521 g/mol. The van der Waals surface area contributed by atoms with E-state index in [4.69, 9.17) is 16.2 Å². The molecule has 1 aliphatic heterocycles. The number of aromatic nitrogens is 1. The topological polar surface area (TPSA) is 43.6 Å². The predicted octanol–water partition coefficient (Wildman–Crippen LogP) is 5.05. The fourth-order valence-electron chi connectivity index (χ4n) is 5.05. The Morgan fingerprint density at radius 3 is 2.65 bits per heavy atom. The monoisotopic (exact) mass is 520 g/mol. The number of aryl methyl sites for hydroxylation is 1. The standard InChI is InChI=1S/C31H24N2O2S2/c1-3-18-35-23-13-8-20(9-14-23)19-27-30(34)33-29(22-10-15-24(36-2)16-11-22)26-17-12-21-6-4-5-7-25(21)28(26)32-31(33)37-27/h1,4-11,13-16,19,29H,12,17-18H2,2H3. The molecule has 0 bridgehead atoms. The van der Waals surface area contributed by atoms with Gasteiger partial charge in [0.2, 0.25) is 0 Å². The zero-order valence-corrected chi connectivity index (χ0v) is 21.9. The molecule has 1 aromatic heterocycles. The van der Waals surface area contributed by atoms with Gasteiger partial charge in [-0.2, -0.15) is 0 Å². The van der Waals surface area contributed by atoms with Gasteiger partial charge in [0.1, 0.15) is 12.4 Å². The van der Waals surface area contributed by atoms with Crippen molar-refractivity contribution in [3.8, 4) is 18.1 Å². The highest BCUT2D eigenvalue weighted by molar-refractivity contribution is 7.98. The van der Waals surface area contributed by atoms with Crippen molar-refractivity contribution in [3.05, 3.63) is 120 Å². The highest BCUT2D eigenvalue weighted by atomic mass is 32.2. The molecular formula is C31H24N2O2S2. The van der Waals surface area contributed by atoms with Crippen LogP contribution in [-0.2, 0) is 6.42 Å². The number of rotatable bonds is 5. The number of benzene rings is 3. The summed E-state index contributed by atoms with van der Waals surface area (Å²) in [6.07, 6.45) is 11.1. The van der Waals surface area contributed by atoms with Crippen molar-refractivity contribution in [1.82, 2.24) is 4.57 Å². The molecular weight excluding hydrogens is 496 g/mol. The van der Waals surface area contributed by atoms with Crippen molar-refractivity contribution in [2.75, 3.05) is 12.9 Å². The van der Waals surface area contributed by atoms with E-state index < -0.39 is 0 Å². The summed E-state index contributed by atoms with van der Waals surface area (Å²) in [5.74, 6) is 3.17. The molecule has 0 saturated carbocycles. The van der Waals surface area contributed by atoms with Gasteiger partial charge in [-0.05, 0) is 71.7 Å². The Hall–Kier alpha value is -3.79. The van der Waals surface area contributed by atoms with Crippen LogP contribution in [0.2, 0.25) is 0 Å². The highest BCUT2D eigenvalue weighted by Crippen LogP contribution is 2.41. The maximum atomic E-state index is 13.9. The van der Waals surface area contributed by atoms with Crippen LogP contribution in [-0.4, -0.2) is 17.4 Å². The lowest BCUT2D eigenvalue weighted by Gasteiger charge is -2.30. The molecule has 0 spiro atoms. The van der Waals surface area contributed by atoms with E-state index in [2.05, 4.69) is 60.7 Å². The molecule has 0 N–H and O–H groups in total. The third kappa shape index (κ3) is 4.35. The van der Waals surface area contributed by atoms with E-state index in [1.165, 1.54) is 32.9 Å². The van der Waals surface area contributed by atoms with Gasteiger partial charge in [0.05, 0.1) is 16.3 Å². The first-order chi connectivity index (χ1) is 18.2. The summed E-state index contributed by atoms with van der Waals surface area (Å²) in [5, 5.41) is 0.